The molecule has 1 atom stereocenters. The number of benzene rings is 1. The first-order valence-corrected chi connectivity index (χ1v) is 4.77. The third kappa shape index (κ3) is 1.58. The monoisotopic (exact) mass is 191 g/mol. The summed E-state index contributed by atoms with van der Waals surface area (Å²) in [6.07, 6.45) is 2.20. The lowest BCUT2D eigenvalue weighted by atomic mass is 9.84. The van der Waals surface area contributed by atoms with Crippen LogP contribution in [0.2, 0.25) is 0 Å². The van der Waals surface area contributed by atoms with Gasteiger partial charge >= 0.3 is 5.97 Å². The van der Waals surface area contributed by atoms with Gasteiger partial charge in [0.1, 0.15) is 0 Å². The van der Waals surface area contributed by atoms with Crippen LogP contribution in [0.25, 0.3) is 0 Å². The molecule has 3 nitrogen and oxygen atoms in total. The van der Waals surface area contributed by atoms with Crippen LogP contribution in [-0.2, 0) is 17.6 Å². The molecule has 0 radical (unpaired) electrons. The smallest absolute Gasteiger partial charge is 0.306 e. The Morgan fingerprint density at radius 1 is 1.43 bits per heavy atom. The van der Waals surface area contributed by atoms with E-state index in [1.54, 1.807) is 0 Å². The molecule has 0 fully saturated rings. The zero-order valence-corrected chi connectivity index (χ0v) is 7.86. The number of hydrogen-bond donors (Lipinski definition) is 2. The Bertz CT molecular complexity index is 374. The van der Waals surface area contributed by atoms with Crippen LogP contribution in [0.1, 0.15) is 17.5 Å². The fraction of sp³-hybridized carbons (Fsp3) is 0.364. The van der Waals surface area contributed by atoms with Gasteiger partial charge in [-0.3, -0.25) is 4.79 Å². The maximum Gasteiger partial charge on any atom is 0.306 e. The van der Waals surface area contributed by atoms with Crippen LogP contribution in [0, 0.1) is 5.92 Å². The average Bonchev–Trinajstić information content (AvgIpc) is 2.16. The first-order chi connectivity index (χ1) is 6.66. The minimum absolute atomic E-state index is 0.217. The van der Waals surface area contributed by atoms with E-state index in [0.717, 1.165) is 24.1 Å². The molecule has 1 aliphatic carbocycles. The highest BCUT2D eigenvalue weighted by molar-refractivity contribution is 5.71. The number of hydrogen-bond acceptors (Lipinski definition) is 2. The highest BCUT2D eigenvalue weighted by atomic mass is 16.4. The van der Waals surface area contributed by atoms with Crippen LogP contribution >= 0.6 is 0 Å². The number of carboxylic acid groups (broad SMARTS) is 1. The van der Waals surface area contributed by atoms with Crippen LogP contribution < -0.4 is 5.73 Å². The van der Waals surface area contributed by atoms with Crippen molar-refractivity contribution in [2.75, 3.05) is 5.73 Å². The third-order valence-electron chi connectivity index (χ3n) is 2.81. The van der Waals surface area contributed by atoms with E-state index in [9.17, 15) is 4.79 Å². The molecule has 74 valence electrons. The molecule has 0 saturated heterocycles. The van der Waals surface area contributed by atoms with Crippen molar-refractivity contribution >= 4 is 11.7 Å². The van der Waals surface area contributed by atoms with Crippen molar-refractivity contribution < 1.29 is 9.90 Å². The molecule has 1 unspecified atom stereocenters. The first-order valence-electron chi connectivity index (χ1n) is 4.77. The van der Waals surface area contributed by atoms with Crippen LogP contribution in [-0.4, -0.2) is 11.1 Å². The Kier molecular flexibility index (Phi) is 2.15. The number of fused-ring (bicyclic) bond motifs is 1. The average molecular weight is 191 g/mol. The summed E-state index contributed by atoms with van der Waals surface area (Å²) in [6.45, 7) is 0. The van der Waals surface area contributed by atoms with E-state index in [1.807, 2.05) is 18.2 Å². The lowest BCUT2D eigenvalue weighted by Crippen LogP contribution is -2.22. The summed E-state index contributed by atoms with van der Waals surface area (Å²) in [4.78, 5) is 10.8. The Morgan fingerprint density at radius 2 is 2.21 bits per heavy atom. The van der Waals surface area contributed by atoms with Crippen molar-refractivity contribution in [2.24, 2.45) is 5.92 Å². The Labute approximate surface area is 82.5 Å². The van der Waals surface area contributed by atoms with E-state index in [-0.39, 0.29) is 5.92 Å². The van der Waals surface area contributed by atoms with E-state index in [0.29, 0.717) is 6.42 Å². The number of rotatable bonds is 1. The summed E-state index contributed by atoms with van der Waals surface area (Å²) in [5, 5.41) is 8.89. The minimum atomic E-state index is -0.688. The summed E-state index contributed by atoms with van der Waals surface area (Å²) >= 11 is 0. The van der Waals surface area contributed by atoms with Crippen LogP contribution in [0.3, 0.4) is 0 Å². The number of carbonyl (C=O) groups is 1. The maximum atomic E-state index is 10.8. The van der Waals surface area contributed by atoms with Gasteiger partial charge in [-0.15, -0.1) is 0 Å². The summed E-state index contributed by atoms with van der Waals surface area (Å²) in [5.74, 6) is -0.904. The Morgan fingerprint density at radius 3 is 2.93 bits per heavy atom. The van der Waals surface area contributed by atoms with Gasteiger partial charge in [0.05, 0.1) is 5.92 Å². The maximum absolute atomic E-state index is 10.8. The van der Waals surface area contributed by atoms with Gasteiger partial charge in [0.2, 0.25) is 0 Å². The molecule has 1 aliphatic rings. The number of nitrogen functional groups attached to an aromatic ring is 1. The van der Waals surface area contributed by atoms with Crippen molar-refractivity contribution in [2.45, 2.75) is 19.3 Å². The second-order valence-corrected chi connectivity index (χ2v) is 3.81. The van der Waals surface area contributed by atoms with Gasteiger partial charge in [-0.05, 0) is 42.5 Å². The van der Waals surface area contributed by atoms with Crippen molar-refractivity contribution in [3.8, 4) is 0 Å². The largest absolute Gasteiger partial charge is 0.481 e. The van der Waals surface area contributed by atoms with Crippen molar-refractivity contribution in [3.05, 3.63) is 29.3 Å². The molecular weight excluding hydrogens is 178 g/mol. The van der Waals surface area contributed by atoms with E-state index >= 15 is 0 Å². The van der Waals surface area contributed by atoms with Crippen molar-refractivity contribution in [1.29, 1.82) is 0 Å². The highest BCUT2D eigenvalue weighted by Gasteiger charge is 2.23. The van der Waals surface area contributed by atoms with Crippen molar-refractivity contribution in [1.82, 2.24) is 0 Å². The molecule has 0 aliphatic heterocycles. The summed E-state index contributed by atoms with van der Waals surface area (Å²) in [5.41, 5.74) is 8.77. The Hall–Kier alpha value is -1.51. The molecule has 1 aromatic rings. The SMILES string of the molecule is Nc1ccc2c(c1)CCC(C(=O)O)C2. The molecule has 0 spiro atoms. The predicted octanol–water partition coefficient (Wildman–Crippen LogP) is 1.46. The summed E-state index contributed by atoms with van der Waals surface area (Å²) in [7, 11) is 0. The van der Waals surface area contributed by atoms with Gasteiger partial charge in [-0.25, -0.2) is 0 Å². The lowest BCUT2D eigenvalue weighted by molar-refractivity contribution is -0.142. The van der Waals surface area contributed by atoms with Gasteiger partial charge in [0.15, 0.2) is 0 Å². The standard InChI is InChI=1S/C11H13NO2/c12-10-4-3-7-5-9(11(13)14)2-1-8(7)6-10/h3-4,6,9H,1-2,5,12H2,(H,13,14). The van der Waals surface area contributed by atoms with Gasteiger partial charge in [0, 0.05) is 5.69 Å². The number of anilines is 1. The molecule has 0 amide bonds. The predicted molar refractivity (Wildman–Crippen MR) is 54.0 cm³/mol. The van der Waals surface area contributed by atoms with E-state index in [1.165, 1.54) is 5.56 Å². The highest BCUT2D eigenvalue weighted by Crippen LogP contribution is 2.27. The van der Waals surface area contributed by atoms with Gasteiger partial charge in [-0.2, -0.15) is 0 Å². The van der Waals surface area contributed by atoms with E-state index < -0.39 is 5.97 Å². The molecule has 3 N–H and O–H groups in total. The van der Waals surface area contributed by atoms with E-state index in [2.05, 4.69) is 0 Å². The van der Waals surface area contributed by atoms with Gasteiger partial charge in [0.25, 0.3) is 0 Å². The molecule has 0 heterocycles. The number of aliphatic carboxylic acids is 1. The van der Waals surface area contributed by atoms with E-state index in [4.69, 9.17) is 10.8 Å². The molecule has 0 bridgehead atoms. The quantitative estimate of drug-likeness (QED) is 0.660. The van der Waals surface area contributed by atoms with Crippen LogP contribution in [0.15, 0.2) is 18.2 Å². The van der Waals surface area contributed by atoms with Gasteiger partial charge in [-0.1, -0.05) is 6.07 Å². The second kappa shape index (κ2) is 3.33. The zero-order chi connectivity index (χ0) is 10.1. The third-order valence-corrected chi connectivity index (χ3v) is 2.81. The Balaban J connectivity index is 2.27. The normalized spacial score (nSPS) is 20.1. The molecule has 1 aromatic carbocycles. The number of carboxylic acids is 1. The second-order valence-electron chi connectivity index (χ2n) is 3.81. The molecule has 14 heavy (non-hydrogen) atoms. The fourth-order valence-corrected chi connectivity index (χ4v) is 1.99. The molecule has 3 heteroatoms. The molecule has 0 saturated carbocycles. The molecular formula is C11H13NO2. The van der Waals surface area contributed by atoms with Gasteiger partial charge < -0.3 is 10.8 Å². The van der Waals surface area contributed by atoms with Crippen LogP contribution in [0.4, 0.5) is 5.69 Å². The number of aryl methyl sites for hydroxylation is 1. The summed E-state index contributed by atoms with van der Waals surface area (Å²) in [6, 6.07) is 5.73. The van der Waals surface area contributed by atoms with Crippen molar-refractivity contribution in [3.63, 3.8) is 0 Å². The molecule has 2 rings (SSSR count). The minimum Gasteiger partial charge on any atom is -0.481 e. The zero-order valence-electron chi connectivity index (χ0n) is 7.86. The fourth-order valence-electron chi connectivity index (χ4n) is 1.99. The summed E-state index contributed by atoms with van der Waals surface area (Å²) < 4.78 is 0. The first kappa shape index (κ1) is 9.06. The van der Waals surface area contributed by atoms with Crippen LogP contribution in [0.5, 0.6) is 0 Å². The lowest BCUT2D eigenvalue weighted by Gasteiger charge is -2.21. The number of nitrogens with two attached hydrogens (primary N) is 1. The topological polar surface area (TPSA) is 63.3 Å². The molecule has 0 aromatic heterocycles.